The monoisotopic (exact) mass is 466 g/mol. The number of amides is 2. The number of hydrogen-bond acceptors (Lipinski definition) is 4. The molecule has 0 heterocycles. The lowest BCUT2D eigenvalue weighted by Gasteiger charge is -2.31. The van der Waals surface area contributed by atoms with Crippen molar-refractivity contribution in [2.75, 3.05) is 21.3 Å². The largest absolute Gasteiger partial charge is 0.493 e. The number of benzene rings is 2. The summed E-state index contributed by atoms with van der Waals surface area (Å²) in [5, 5.41) is 3.55. The van der Waals surface area contributed by atoms with Crippen molar-refractivity contribution in [3.8, 4) is 11.5 Å². The van der Waals surface area contributed by atoms with Crippen molar-refractivity contribution < 1.29 is 19.1 Å². The van der Waals surface area contributed by atoms with Crippen molar-refractivity contribution in [1.82, 2.24) is 10.2 Å². The van der Waals surface area contributed by atoms with Crippen molar-refractivity contribution in [3.63, 3.8) is 0 Å². The Morgan fingerprint density at radius 1 is 1.06 bits per heavy atom. The molecule has 0 aromatic heterocycles. The fourth-order valence-corrected chi connectivity index (χ4v) is 3.89. The number of hydrogen-bond donors (Lipinski definition) is 1. The summed E-state index contributed by atoms with van der Waals surface area (Å²) < 4.78 is 10.6. The summed E-state index contributed by atoms with van der Waals surface area (Å²) in [6.07, 6.45) is 1.16. The number of nitrogens with zero attached hydrogens (tertiary/aromatic N) is 1. The van der Waals surface area contributed by atoms with Gasteiger partial charge < -0.3 is 19.7 Å². The second-order valence-electron chi connectivity index (χ2n) is 6.95. The number of ether oxygens (including phenoxy) is 2. The molecule has 2 aromatic carbocycles. The number of rotatable bonds is 10. The van der Waals surface area contributed by atoms with Crippen LogP contribution in [0.5, 0.6) is 11.5 Å². The van der Waals surface area contributed by atoms with Gasteiger partial charge in [0.2, 0.25) is 11.8 Å². The normalized spacial score (nSPS) is 11.5. The standard InChI is InChI=1S/C23H28Cl2N2O4/c1-5-19(23(29)26-2)27(14-16-17(24)7-6-8-18(16)25)22(28)12-10-15-9-11-20(30-3)21(13-15)31-4/h6-9,11,13,19H,5,10,12,14H2,1-4H3,(H,26,29)/t19-/m1/s1. The first-order valence-corrected chi connectivity index (χ1v) is 10.8. The minimum Gasteiger partial charge on any atom is -0.493 e. The van der Waals surface area contributed by atoms with Crippen molar-refractivity contribution >= 4 is 35.0 Å². The highest BCUT2D eigenvalue weighted by atomic mass is 35.5. The number of carbonyl (C=O) groups is 2. The Bertz CT molecular complexity index is 900. The molecule has 0 unspecified atom stereocenters. The molecule has 0 radical (unpaired) electrons. The molecule has 2 aromatic rings. The third kappa shape index (κ3) is 6.28. The summed E-state index contributed by atoms with van der Waals surface area (Å²) in [6.45, 7) is 2.01. The molecule has 168 valence electrons. The molecule has 8 heteroatoms. The van der Waals surface area contributed by atoms with Crippen LogP contribution in [0.2, 0.25) is 10.0 Å². The third-order valence-corrected chi connectivity index (χ3v) is 5.81. The third-order valence-electron chi connectivity index (χ3n) is 5.10. The molecule has 0 fully saturated rings. The van der Waals surface area contributed by atoms with Crippen LogP contribution < -0.4 is 14.8 Å². The van der Waals surface area contributed by atoms with Crippen LogP contribution in [0.4, 0.5) is 0 Å². The fourth-order valence-electron chi connectivity index (χ4n) is 3.37. The average Bonchev–Trinajstić information content (AvgIpc) is 2.78. The molecule has 2 rings (SSSR count). The summed E-state index contributed by atoms with van der Waals surface area (Å²) in [7, 11) is 4.69. The van der Waals surface area contributed by atoms with Gasteiger partial charge >= 0.3 is 0 Å². The zero-order valence-corrected chi connectivity index (χ0v) is 19.7. The molecule has 0 saturated heterocycles. The van der Waals surface area contributed by atoms with Gasteiger partial charge in [0, 0.05) is 35.6 Å². The molecule has 1 N–H and O–H groups in total. The predicted octanol–water partition coefficient (Wildman–Crippen LogP) is 4.50. The van der Waals surface area contributed by atoms with Crippen LogP contribution >= 0.6 is 23.2 Å². The van der Waals surface area contributed by atoms with E-state index in [-0.39, 0.29) is 24.8 Å². The van der Waals surface area contributed by atoms with Gasteiger partial charge in [0.1, 0.15) is 6.04 Å². The Morgan fingerprint density at radius 3 is 2.26 bits per heavy atom. The molecule has 6 nitrogen and oxygen atoms in total. The van der Waals surface area contributed by atoms with E-state index in [0.29, 0.717) is 39.9 Å². The Hall–Kier alpha value is -2.44. The first-order valence-electron chi connectivity index (χ1n) is 10.0. The van der Waals surface area contributed by atoms with E-state index in [1.165, 1.54) is 0 Å². The number of methoxy groups -OCH3 is 2. The van der Waals surface area contributed by atoms with E-state index in [9.17, 15) is 9.59 Å². The predicted molar refractivity (Wildman–Crippen MR) is 123 cm³/mol. The maximum atomic E-state index is 13.2. The SMILES string of the molecule is CC[C@H](C(=O)NC)N(Cc1c(Cl)cccc1Cl)C(=O)CCc1ccc(OC)c(OC)c1. The van der Waals surface area contributed by atoms with Crippen LogP contribution in [0.3, 0.4) is 0 Å². The second-order valence-corrected chi connectivity index (χ2v) is 7.76. The van der Waals surface area contributed by atoms with Gasteiger partial charge in [-0.3, -0.25) is 9.59 Å². The van der Waals surface area contributed by atoms with Crippen LogP contribution in [-0.2, 0) is 22.6 Å². The Balaban J connectivity index is 2.26. The van der Waals surface area contributed by atoms with Crippen LogP contribution in [0, 0.1) is 0 Å². The highest BCUT2D eigenvalue weighted by Gasteiger charge is 2.29. The first kappa shape index (κ1) is 24.8. The van der Waals surface area contributed by atoms with E-state index in [1.807, 2.05) is 19.1 Å². The van der Waals surface area contributed by atoms with E-state index < -0.39 is 6.04 Å². The van der Waals surface area contributed by atoms with E-state index in [2.05, 4.69) is 5.32 Å². The average molecular weight is 467 g/mol. The summed E-state index contributed by atoms with van der Waals surface area (Å²) in [5.74, 6) is 0.827. The number of carbonyl (C=O) groups excluding carboxylic acids is 2. The summed E-state index contributed by atoms with van der Waals surface area (Å²) in [4.78, 5) is 27.3. The van der Waals surface area contributed by atoms with Crippen molar-refractivity contribution in [3.05, 3.63) is 57.6 Å². The van der Waals surface area contributed by atoms with Crippen molar-refractivity contribution in [2.24, 2.45) is 0 Å². The highest BCUT2D eigenvalue weighted by molar-refractivity contribution is 6.36. The smallest absolute Gasteiger partial charge is 0.242 e. The molecule has 0 aliphatic heterocycles. The van der Waals surface area contributed by atoms with Crippen LogP contribution in [0.25, 0.3) is 0 Å². The molecular formula is C23H28Cl2N2O4. The number of nitrogens with one attached hydrogen (secondary N) is 1. The van der Waals surface area contributed by atoms with E-state index >= 15 is 0 Å². The minimum absolute atomic E-state index is 0.148. The van der Waals surface area contributed by atoms with Crippen LogP contribution in [-0.4, -0.2) is 44.0 Å². The molecule has 1 atom stereocenters. The van der Waals surface area contributed by atoms with Crippen molar-refractivity contribution in [2.45, 2.75) is 38.8 Å². The molecular weight excluding hydrogens is 439 g/mol. The van der Waals surface area contributed by atoms with Crippen LogP contribution in [0.15, 0.2) is 36.4 Å². The summed E-state index contributed by atoms with van der Waals surface area (Å²) >= 11 is 12.7. The van der Waals surface area contributed by atoms with Gasteiger partial charge in [-0.05, 0) is 42.7 Å². The lowest BCUT2D eigenvalue weighted by Crippen LogP contribution is -2.48. The van der Waals surface area contributed by atoms with Crippen molar-refractivity contribution in [1.29, 1.82) is 0 Å². The molecule has 31 heavy (non-hydrogen) atoms. The molecule has 0 bridgehead atoms. The van der Waals surface area contributed by atoms with Gasteiger partial charge in [-0.2, -0.15) is 0 Å². The summed E-state index contributed by atoms with van der Waals surface area (Å²) in [5.41, 5.74) is 1.54. The lowest BCUT2D eigenvalue weighted by atomic mass is 10.1. The quantitative estimate of drug-likeness (QED) is 0.559. The maximum Gasteiger partial charge on any atom is 0.242 e. The Kier molecular flexibility index (Phi) is 9.46. The second kappa shape index (κ2) is 11.8. The molecule has 0 saturated carbocycles. The highest BCUT2D eigenvalue weighted by Crippen LogP contribution is 2.29. The van der Waals surface area contributed by atoms with Gasteiger partial charge in [-0.15, -0.1) is 0 Å². The van der Waals surface area contributed by atoms with E-state index in [1.54, 1.807) is 50.4 Å². The zero-order chi connectivity index (χ0) is 23.0. The van der Waals surface area contributed by atoms with Gasteiger partial charge in [0.15, 0.2) is 11.5 Å². The first-order chi connectivity index (χ1) is 14.9. The molecule has 2 amide bonds. The fraction of sp³-hybridized carbons (Fsp3) is 0.391. The molecule has 0 aliphatic carbocycles. The Morgan fingerprint density at radius 2 is 1.71 bits per heavy atom. The minimum atomic E-state index is -0.629. The van der Waals surface area contributed by atoms with Gasteiger partial charge in [0.05, 0.1) is 14.2 Å². The van der Waals surface area contributed by atoms with E-state index in [0.717, 1.165) is 5.56 Å². The van der Waals surface area contributed by atoms with Gasteiger partial charge in [-0.1, -0.05) is 42.3 Å². The Labute approximate surface area is 193 Å². The van der Waals surface area contributed by atoms with E-state index in [4.69, 9.17) is 32.7 Å². The molecule has 0 spiro atoms. The number of aryl methyl sites for hydroxylation is 1. The zero-order valence-electron chi connectivity index (χ0n) is 18.2. The van der Waals surface area contributed by atoms with Crippen LogP contribution in [0.1, 0.15) is 30.9 Å². The van der Waals surface area contributed by atoms with Gasteiger partial charge in [-0.25, -0.2) is 0 Å². The molecule has 0 aliphatic rings. The number of halogens is 2. The van der Waals surface area contributed by atoms with Gasteiger partial charge in [0.25, 0.3) is 0 Å². The number of likely N-dealkylation sites (N-methyl/N-ethyl adjacent to an activating group) is 1. The maximum absolute atomic E-state index is 13.2. The topological polar surface area (TPSA) is 67.9 Å². The summed E-state index contributed by atoms with van der Waals surface area (Å²) in [6, 6.07) is 10.1. The lowest BCUT2D eigenvalue weighted by molar-refractivity contribution is -0.141.